The van der Waals surface area contributed by atoms with Crippen molar-refractivity contribution in [2.45, 2.75) is 43.8 Å². The highest BCUT2D eigenvalue weighted by atomic mass is 127. The van der Waals surface area contributed by atoms with Crippen LogP contribution in [0.5, 0.6) is 5.75 Å². The van der Waals surface area contributed by atoms with E-state index < -0.39 is 0 Å². The maximum atomic E-state index is 13.9. The number of nitrogens with zero attached hydrogens (tertiary/aromatic N) is 2. The van der Waals surface area contributed by atoms with Crippen molar-refractivity contribution in [3.8, 4) is 5.75 Å². The maximum Gasteiger partial charge on any atom is 0.191 e. The second kappa shape index (κ2) is 11.5. The summed E-state index contributed by atoms with van der Waals surface area (Å²) >= 11 is 6.13. The molecule has 0 bridgehead atoms. The number of hydrogen-bond acceptors (Lipinski definition) is 3. The minimum absolute atomic E-state index is 0. The molecule has 2 aromatic carbocycles. The van der Waals surface area contributed by atoms with Gasteiger partial charge in [0.25, 0.3) is 0 Å². The van der Waals surface area contributed by atoms with E-state index in [9.17, 15) is 4.39 Å². The highest BCUT2D eigenvalue weighted by Crippen LogP contribution is 2.41. The summed E-state index contributed by atoms with van der Waals surface area (Å²) in [5.74, 6) is 1.34. The molecule has 0 amide bonds. The average molecular weight is 573 g/mol. The van der Waals surface area contributed by atoms with Crippen LogP contribution in [0.2, 0.25) is 5.02 Å². The van der Waals surface area contributed by atoms with Gasteiger partial charge in [-0.1, -0.05) is 29.8 Å². The van der Waals surface area contributed by atoms with Crippen LogP contribution in [-0.2, 0) is 6.54 Å². The predicted molar refractivity (Wildman–Crippen MR) is 139 cm³/mol. The minimum atomic E-state index is -0.303. The Morgan fingerprint density at radius 2 is 1.97 bits per heavy atom. The fourth-order valence-corrected chi connectivity index (χ4v) is 4.50. The van der Waals surface area contributed by atoms with Gasteiger partial charge < -0.3 is 15.4 Å². The second-order valence-electron chi connectivity index (χ2n) is 8.38. The van der Waals surface area contributed by atoms with Crippen molar-refractivity contribution in [3.63, 3.8) is 0 Å². The molecule has 0 aromatic heterocycles. The molecule has 8 heteroatoms. The van der Waals surface area contributed by atoms with E-state index in [0.717, 1.165) is 55.4 Å². The first-order valence-electron chi connectivity index (χ1n) is 10.9. The molecule has 2 N–H and O–H groups in total. The number of methoxy groups -OCH3 is 1. The molecule has 1 aliphatic carbocycles. The van der Waals surface area contributed by atoms with Gasteiger partial charge in [0.1, 0.15) is 0 Å². The first-order valence-corrected chi connectivity index (χ1v) is 11.2. The number of hydrogen-bond donors (Lipinski definition) is 2. The molecule has 1 saturated carbocycles. The Labute approximate surface area is 211 Å². The molecule has 2 fully saturated rings. The molecule has 32 heavy (non-hydrogen) atoms. The molecule has 0 spiro atoms. The summed E-state index contributed by atoms with van der Waals surface area (Å²) in [5.41, 5.74) is 2.26. The van der Waals surface area contributed by atoms with Crippen LogP contribution < -0.4 is 15.4 Å². The molecule has 174 valence electrons. The van der Waals surface area contributed by atoms with Crippen LogP contribution in [-0.4, -0.2) is 50.2 Å². The fraction of sp³-hybridized carbons (Fsp3) is 0.458. The molecule has 1 heterocycles. The topological polar surface area (TPSA) is 48.9 Å². The molecule has 2 aromatic rings. The van der Waals surface area contributed by atoms with Gasteiger partial charge in [0, 0.05) is 49.7 Å². The third-order valence-corrected chi connectivity index (χ3v) is 6.40. The van der Waals surface area contributed by atoms with E-state index >= 15 is 0 Å². The van der Waals surface area contributed by atoms with E-state index in [0.29, 0.717) is 23.8 Å². The Morgan fingerprint density at radius 3 is 2.62 bits per heavy atom. The summed E-state index contributed by atoms with van der Waals surface area (Å²) in [4.78, 5) is 6.79. The molecule has 1 saturated heterocycles. The van der Waals surface area contributed by atoms with Crippen molar-refractivity contribution in [2.24, 2.45) is 4.99 Å². The van der Waals surface area contributed by atoms with Crippen molar-refractivity contribution in [3.05, 3.63) is 64.4 Å². The molecule has 2 atom stereocenters. The number of aliphatic imine (C=N–C) groups is 1. The lowest BCUT2D eigenvalue weighted by Gasteiger charge is -2.33. The van der Waals surface area contributed by atoms with Crippen LogP contribution >= 0.6 is 35.6 Å². The van der Waals surface area contributed by atoms with Gasteiger partial charge in [0.2, 0.25) is 0 Å². The third-order valence-electron chi connectivity index (χ3n) is 6.16. The van der Waals surface area contributed by atoms with Crippen molar-refractivity contribution >= 4 is 41.5 Å². The Balaban J connectivity index is 0.00000289. The lowest BCUT2D eigenvalue weighted by molar-refractivity contribution is 0.198. The average Bonchev–Trinajstić information content (AvgIpc) is 3.54. The predicted octanol–water partition coefficient (Wildman–Crippen LogP) is 4.79. The van der Waals surface area contributed by atoms with E-state index in [4.69, 9.17) is 16.3 Å². The molecular formula is C24H31ClFIN4O. The molecule has 1 aliphatic heterocycles. The SMILES string of the molecule is CN=C(NC1CCN(Cc2ccc(OC)c(F)c2)CC1)NC1CC1c1cccc(Cl)c1.I. The first-order chi connectivity index (χ1) is 15.1. The van der Waals surface area contributed by atoms with Gasteiger partial charge in [0.15, 0.2) is 17.5 Å². The van der Waals surface area contributed by atoms with Gasteiger partial charge in [-0.2, -0.15) is 0 Å². The van der Waals surface area contributed by atoms with Gasteiger partial charge in [-0.05, 0) is 54.7 Å². The number of nitrogens with one attached hydrogen (secondary N) is 2. The standard InChI is InChI=1S/C24H30ClFN4O.HI/c1-27-24(29-22-14-20(22)17-4-3-5-18(25)13-17)28-19-8-10-30(11-9-19)15-16-6-7-23(31-2)21(26)12-16;/h3-7,12-13,19-20,22H,8-11,14-15H2,1-2H3,(H2,27,28,29);1H. The molecule has 4 rings (SSSR count). The summed E-state index contributed by atoms with van der Waals surface area (Å²) in [7, 11) is 3.30. The van der Waals surface area contributed by atoms with E-state index in [1.54, 1.807) is 12.1 Å². The van der Waals surface area contributed by atoms with Gasteiger partial charge in [-0.25, -0.2) is 4.39 Å². The van der Waals surface area contributed by atoms with Gasteiger partial charge in [0.05, 0.1) is 7.11 Å². The minimum Gasteiger partial charge on any atom is -0.494 e. The summed E-state index contributed by atoms with van der Waals surface area (Å²) in [5, 5.41) is 7.92. The Hall–Kier alpha value is -1.58. The number of piperidine rings is 1. The molecule has 2 unspecified atom stereocenters. The van der Waals surface area contributed by atoms with Gasteiger partial charge in [-0.15, -0.1) is 24.0 Å². The second-order valence-corrected chi connectivity index (χ2v) is 8.82. The van der Waals surface area contributed by atoms with E-state index in [-0.39, 0.29) is 29.8 Å². The molecular weight excluding hydrogens is 542 g/mol. The zero-order chi connectivity index (χ0) is 21.8. The first kappa shape index (κ1) is 25.1. The lowest BCUT2D eigenvalue weighted by atomic mass is 10.0. The highest BCUT2D eigenvalue weighted by molar-refractivity contribution is 14.0. The normalized spacial score (nSPS) is 21.6. The van der Waals surface area contributed by atoms with Crippen LogP contribution in [0.3, 0.4) is 0 Å². The molecule has 2 aliphatic rings. The Bertz CT molecular complexity index is 936. The summed E-state index contributed by atoms with van der Waals surface area (Å²) in [6, 6.07) is 14.1. The summed E-state index contributed by atoms with van der Waals surface area (Å²) in [6.07, 6.45) is 3.15. The monoisotopic (exact) mass is 572 g/mol. The zero-order valence-electron chi connectivity index (χ0n) is 18.5. The number of ether oxygens (including phenoxy) is 1. The lowest BCUT2D eigenvalue weighted by Crippen LogP contribution is -2.49. The number of benzene rings is 2. The highest BCUT2D eigenvalue weighted by Gasteiger charge is 2.39. The quantitative estimate of drug-likeness (QED) is 0.297. The number of likely N-dealkylation sites (tertiary alicyclic amines) is 1. The summed E-state index contributed by atoms with van der Waals surface area (Å²) in [6.45, 7) is 2.69. The molecule has 0 radical (unpaired) electrons. The van der Waals surface area contributed by atoms with Gasteiger partial charge in [-0.3, -0.25) is 9.89 Å². The maximum absolute atomic E-state index is 13.9. The largest absolute Gasteiger partial charge is 0.494 e. The zero-order valence-corrected chi connectivity index (χ0v) is 21.6. The smallest absolute Gasteiger partial charge is 0.191 e. The van der Waals surface area contributed by atoms with Crippen LogP contribution in [0.25, 0.3) is 0 Å². The summed E-state index contributed by atoms with van der Waals surface area (Å²) < 4.78 is 18.9. The van der Waals surface area contributed by atoms with E-state index in [1.807, 2.05) is 25.2 Å². The van der Waals surface area contributed by atoms with Crippen LogP contribution in [0.1, 0.15) is 36.3 Å². The van der Waals surface area contributed by atoms with E-state index in [2.05, 4.69) is 32.7 Å². The van der Waals surface area contributed by atoms with Gasteiger partial charge >= 0.3 is 0 Å². The van der Waals surface area contributed by atoms with E-state index in [1.165, 1.54) is 12.7 Å². The fourth-order valence-electron chi connectivity index (χ4n) is 4.30. The van der Waals surface area contributed by atoms with Crippen molar-refractivity contribution in [2.75, 3.05) is 27.2 Å². The van der Waals surface area contributed by atoms with Crippen molar-refractivity contribution in [1.82, 2.24) is 15.5 Å². The van der Waals surface area contributed by atoms with Crippen molar-refractivity contribution < 1.29 is 9.13 Å². The number of halogens is 3. The number of rotatable bonds is 6. The van der Waals surface area contributed by atoms with Crippen LogP contribution in [0.4, 0.5) is 4.39 Å². The Morgan fingerprint density at radius 1 is 1.19 bits per heavy atom. The Kier molecular flexibility index (Phi) is 9.02. The molecule has 5 nitrogen and oxygen atoms in total. The van der Waals surface area contributed by atoms with Crippen molar-refractivity contribution in [1.29, 1.82) is 0 Å². The third kappa shape index (κ3) is 6.48. The van der Waals surface area contributed by atoms with Crippen LogP contribution in [0, 0.1) is 5.82 Å². The van der Waals surface area contributed by atoms with Crippen LogP contribution in [0.15, 0.2) is 47.5 Å². The number of guanidine groups is 1.